The van der Waals surface area contributed by atoms with Gasteiger partial charge in [0.15, 0.2) is 0 Å². The molecule has 0 atom stereocenters. The van der Waals surface area contributed by atoms with Gasteiger partial charge in [0.1, 0.15) is 6.67 Å². The van der Waals surface area contributed by atoms with Gasteiger partial charge in [-0.2, -0.15) is 0 Å². The summed E-state index contributed by atoms with van der Waals surface area (Å²) in [5.41, 5.74) is 8.28. The highest BCUT2D eigenvalue weighted by Crippen LogP contribution is 2.32. The highest BCUT2D eigenvalue weighted by atomic mass is 15.3. The quantitative estimate of drug-likeness (QED) is 0.792. The van der Waals surface area contributed by atoms with E-state index in [0.717, 1.165) is 13.0 Å². The molecule has 2 rings (SSSR count). The Morgan fingerprint density at radius 3 is 2.80 bits per heavy atom. The largest absolute Gasteiger partial charge is 0.360 e. The molecule has 1 aliphatic rings. The van der Waals surface area contributed by atoms with E-state index in [0.29, 0.717) is 0 Å². The third-order valence-electron chi connectivity index (χ3n) is 2.59. The second-order valence-electron chi connectivity index (χ2n) is 4.72. The lowest BCUT2D eigenvalue weighted by atomic mass is 10.0. The normalized spacial score (nSPS) is 15.0. The highest BCUT2D eigenvalue weighted by Gasteiger charge is 2.20. The van der Waals surface area contributed by atoms with E-state index >= 15 is 0 Å². The Labute approximate surface area is 91.3 Å². The van der Waals surface area contributed by atoms with Gasteiger partial charge in [-0.1, -0.05) is 12.1 Å². The van der Waals surface area contributed by atoms with E-state index in [9.17, 15) is 0 Å². The third-order valence-corrected chi connectivity index (χ3v) is 2.59. The van der Waals surface area contributed by atoms with Crippen LogP contribution >= 0.6 is 0 Å². The number of benzene rings is 1. The second kappa shape index (κ2) is 3.74. The van der Waals surface area contributed by atoms with E-state index in [1.54, 1.807) is 0 Å². The molecule has 1 aliphatic heterocycles. The molecule has 1 heterocycles. The number of fused-ring (bicyclic) bond motifs is 1. The molecule has 1 aromatic rings. The van der Waals surface area contributed by atoms with Gasteiger partial charge in [0.05, 0.1) is 11.4 Å². The van der Waals surface area contributed by atoms with Crippen molar-refractivity contribution in [1.29, 1.82) is 0 Å². The maximum Gasteiger partial charge on any atom is 0.139 e. The fraction of sp³-hybridized carbons (Fsp3) is 0.417. The number of anilines is 2. The predicted molar refractivity (Wildman–Crippen MR) is 64.6 cm³/mol. The molecule has 3 heteroatoms. The molecule has 0 saturated carbocycles. The molecule has 3 N–H and O–H groups in total. The molecule has 0 unspecified atom stereocenters. The van der Waals surface area contributed by atoms with Gasteiger partial charge >= 0.3 is 0 Å². The fourth-order valence-corrected chi connectivity index (χ4v) is 1.66. The van der Waals surface area contributed by atoms with Crippen LogP contribution in [0.4, 0.5) is 11.4 Å². The van der Waals surface area contributed by atoms with Gasteiger partial charge in [0.25, 0.3) is 0 Å². The zero-order chi connectivity index (χ0) is 10.9. The van der Waals surface area contributed by atoms with Crippen LogP contribution in [0.1, 0.15) is 20.3 Å². The first kappa shape index (κ1) is 10.3. The first-order valence-electron chi connectivity index (χ1n) is 5.31. The van der Waals surface area contributed by atoms with Gasteiger partial charge in [-0.15, -0.1) is 0 Å². The van der Waals surface area contributed by atoms with Crippen LogP contribution in [0.5, 0.6) is 0 Å². The Morgan fingerprint density at radius 2 is 2.07 bits per heavy atom. The minimum atomic E-state index is -0.106. The molecule has 3 nitrogen and oxygen atoms in total. The van der Waals surface area contributed by atoms with Crippen molar-refractivity contribution in [2.24, 2.45) is 5.73 Å². The summed E-state index contributed by atoms with van der Waals surface area (Å²) in [4.78, 5) is 2.21. The lowest BCUT2D eigenvalue weighted by Crippen LogP contribution is -2.36. The Balaban J connectivity index is 2.02. The van der Waals surface area contributed by atoms with Gasteiger partial charge in [0.2, 0.25) is 0 Å². The van der Waals surface area contributed by atoms with Crippen molar-refractivity contribution in [2.45, 2.75) is 25.8 Å². The number of nitrogens with zero attached hydrogens (tertiary/aromatic N) is 1. The first-order valence-corrected chi connectivity index (χ1v) is 5.31. The summed E-state index contributed by atoms with van der Waals surface area (Å²) in [7, 11) is 0. The van der Waals surface area contributed by atoms with E-state index in [-0.39, 0.29) is 5.54 Å². The van der Waals surface area contributed by atoms with Crippen molar-refractivity contribution < 1.29 is 0 Å². The summed E-state index contributed by atoms with van der Waals surface area (Å²) in [5.74, 6) is 0. The minimum Gasteiger partial charge on any atom is -0.360 e. The molecule has 0 fully saturated rings. The molecule has 15 heavy (non-hydrogen) atoms. The van der Waals surface area contributed by atoms with Crippen LogP contribution in [0, 0.1) is 6.67 Å². The smallest absolute Gasteiger partial charge is 0.139 e. The van der Waals surface area contributed by atoms with Crippen LogP contribution in [0.15, 0.2) is 24.3 Å². The lowest BCUT2D eigenvalue weighted by molar-refractivity contribution is 0.480. The molecule has 0 bridgehead atoms. The average Bonchev–Trinajstić information content (AvgIpc) is 2.57. The molecule has 0 aromatic heterocycles. The Morgan fingerprint density at radius 1 is 1.33 bits per heavy atom. The number of nitrogens with two attached hydrogens (primary N) is 1. The van der Waals surface area contributed by atoms with Gasteiger partial charge in [-0.25, -0.2) is 0 Å². The molecular formula is C12H18N3. The number of nitrogens with one attached hydrogen (secondary N) is 1. The highest BCUT2D eigenvalue weighted by molar-refractivity contribution is 5.76. The van der Waals surface area contributed by atoms with Gasteiger partial charge in [-0.3, -0.25) is 0 Å². The summed E-state index contributed by atoms with van der Waals surface area (Å²) in [6.07, 6.45) is 0.972. The lowest BCUT2D eigenvalue weighted by Gasteiger charge is -2.23. The SMILES string of the molecule is CC(C)(N)CCN1[CH]Nc2ccccc21. The molecule has 1 radical (unpaired) electrons. The first-order chi connectivity index (χ1) is 7.06. The van der Waals surface area contributed by atoms with Crippen molar-refractivity contribution >= 4 is 11.4 Å². The number of hydrogen-bond acceptors (Lipinski definition) is 3. The topological polar surface area (TPSA) is 41.3 Å². The molecule has 0 amide bonds. The molecule has 0 spiro atoms. The van der Waals surface area contributed by atoms with Crippen LogP contribution in [0.3, 0.4) is 0 Å². The zero-order valence-electron chi connectivity index (χ0n) is 9.33. The minimum absolute atomic E-state index is 0.106. The van der Waals surface area contributed by atoms with Crippen LogP contribution in [0.2, 0.25) is 0 Å². The summed E-state index contributed by atoms with van der Waals surface area (Å²) in [6.45, 7) is 7.08. The van der Waals surface area contributed by atoms with Crippen molar-refractivity contribution in [3.63, 3.8) is 0 Å². The van der Waals surface area contributed by atoms with Crippen LogP contribution in [0.25, 0.3) is 0 Å². The van der Waals surface area contributed by atoms with Gasteiger partial charge in [0, 0.05) is 12.1 Å². The Hall–Kier alpha value is -1.22. The van der Waals surface area contributed by atoms with Gasteiger partial charge in [-0.05, 0) is 32.4 Å². The van der Waals surface area contributed by atoms with Gasteiger partial charge < -0.3 is 16.0 Å². The van der Waals surface area contributed by atoms with Crippen LogP contribution in [-0.2, 0) is 0 Å². The maximum atomic E-state index is 5.97. The summed E-state index contributed by atoms with van der Waals surface area (Å²) < 4.78 is 0. The van der Waals surface area contributed by atoms with E-state index in [2.05, 4.69) is 42.3 Å². The molecule has 0 aliphatic carbocycles. The maximum absolute atomic E-state index is 5.97. The second-order valence-corrected chi connectivity index (χ2v) is 4.72. The van der Waals surface area contributed by atoms with Crippen molar-refractivity contribution in [3.05, 3.63) is 30.9 Å². The monoisotopic (exact) mass is 204 g/mol. The summed E-state index contributed by atoms with van der Waals surface area (Å²) >= 11 is 0. The fourth-order valence-electron chi connectivity index (χ4n) is 1.66. The summed E-state index contributed by atoms with van der Waals surface area (Å²) in [5, 5.41) is 3.25. The molecule has 1 aromatic carbocycles. The van der Waals surface area contributed by atoms with E-state index in [1.807, 2.05) is 12.7 Å². The van der Waals surface area contributed by atoms with Crippen molar-refractivity contribution in [3.8, 4) is 0 Å². The Bertz CT molecular complexity index is 341. The number of rotatable bonds is 3. The zero-order valence-corrected chi connectivity index (χ0v) is 9.33. The van der Waals surface area contributed by atoms with Crippen molar-refractivity contribution in [2.75, 3.05) is 16.8 Å². The number of para-hydroxylation sites is 2. The van der Waals surface area contributed by atoms with E-state index in [1.165, 1.54) is 11.4 Å². The molecule has 0 saturated heterocycles. The van der Waals surface area contributed by atoms with E-state index < -0.39 is 0 Å². The van der Waals surface area contributed by atoms with Crippen LogP contribution < -0.4 is 16.0 Å². The average molecular weight is 204 g/mol. The molecular weight excluding hydrogens is 186 g/mol. The summed E-state index contributed by atoms with van der Waals surface area (Å²) in [6, 6.07) is 8.30. The Kier molecular flexibility index (Phi) is 2.57. The van der Waals surface area contributed by atoms with Crippen molar-refractivity contribution in [1.82, 2.24) is 0 Å². The third kappa shape index (κ3) is 2.42. The standard InChI is InChI=1S/C12H18N3/c1-12(2,13)7-8-15-9-14-10-5-3-4-6-11(10)15/h3-6,9,14H,7-8,13H2,1-2H3. The predicted octanol–water partition coefficient (Wildman–Crippen LogP) is 2.17. The van der Waals surface area contributed by atoms with E-state index in [4.69, 9.17) is 5.73 Å². The van der Waals surface area contributed by atoms with Crippen LogP contribution in [-0.4, -0.2) is 12.1 Å². The number of hydrogen-bond donors (Lipinski definition) is 2. The molecule has 81 valence electrons.